The number of methoxy groups -OCH3 is 4. The van der Waals surface area contributed by atoms with Gasteiger partial charge < -0.3 is 18.9 Å². The van der Waals surface area contributed by atoms with Crippen molar-refractivity contribution in [2.75, 3.05) is 41.7 Å². The fraction of sp³-hybridized carbons (Fsp3) is 1.00. The van der Waals surface area contributed by atoms with Crippen molar-refractivity contribution in [1.29, 1.82) is 0 Å². The quantitative estimate of drug-likeness (QED) is 0.561. The van der Waals surface area contributed by atoms with Crippen molar-refractivity contribution in [1.82, 2.24) is 0 Å². The molecule has 0 bridgehead atoms. The van der Waals surface area contributed by atoms with Crippen LogP contribution in [0, 0.1) is 5.92 Å². The maximum Gasteiger partial charge on any atom is 0.174 e. The molecule has 0 heterocycles. The zero-order valence-corrected chi connectivity index (χ0v) is 9.83. The summed E-state index contributed by atoms with van der Waals surface area (Å²) < 4.78 is 21.1. The molecule has 0 radical (unpaired) electrons. The van der Waals surface area contributed by atoms with Crippen molar-refractivity contribution in [3.05, 3.63) is 0 Å². The van der Waals surface area contributed by atoms with Crippen LogP contribution in [0.4, 0.5) is 0 Å². The molecule has 0 unspecified atom stereocenters. The predicted octanol–water partition coefficient (Wildman–Crippen LogP) is 1.29. The first-order chi connectivity index (χ1) is 6.70. The molecule has 4 nitrogen and oxygen atoms in total. The van der Waals surface area contributed by atoms with E-state index in [1.807, 2.05) is 6.92 Å². The van der Waals surface area contributed by atoms with Crippen LogP contribution in [-0.2, 0) is 18.9 Å². The van der Waals surface area contributed by atoms with Gasteiger partial charge >= 0.3 is 0 Å². The van der Waals surface area contributed by atoms with Crippen molar-refractivity contribution < 1.29 is 18.9 Å². The van der Waals surface area contributed by atoms with E-state index >= 15 is 0 Å². The molecule has 14 heavy (non-hydrogen) atoms. The molecular formula is C10H22O4. The lowest BCUT2D eigenvalue weighted by Crippen LogP contribution is -2.45. The Morgan fingerprint density at radius 3 is 1.57 bits per heavy atom. The molecule has 0 rings (SSSR count). The SMILES string of the molecule is CCC(OC)(OC)C(COC)COC. The Morgan fingerprint density at radius 2 is 1.36 bits per heavy atom. The minimum atomic E-state index is -0.605. The van der Waals surface area contributed by atoms with Gasteiger partial charge in [-0.05, 0) is 6.42 Å². The molecule has 0 amide bonds. The van der Waals surface area contributed by atoms with Crippen LogP contribution in [-0.4, -0.2) is 47.4 Å². The van der Waals surface area contributed by atoms with E-state index in [2.05, 4.69) is 0 Å². The first-order valence-electron chi connectivity index (χ1n) is 4.78. The average Bonchev–Trinajstić information content (AvgIpc) is 2.22. The third kappa shape index (κ3) is 3.20. The van der Waals surface area contributed by atoms with E-state index in [9.17, 15) is 0 Å². The van der Waals surface area contributed by atoms with E-state index in [1.165, 1.54) is 0 Å². The molecular weight excluding hydrogens is 184 g/mol. The average molecular weight is 206 g/mol. The van der Waals surface area contributed by atoms with E-state index < -0.39 is 5.79 Å². The fourth-order valence-corrected chi connectivity index (χ4v) is 1.70. The molecule has 0 fully saturated rings. The largest absolute Gasteiger partial charge is 0.384 e. The van der Waals surface area contributed by atoms with E-state index in [4.69, 9.17) is 18.9 Å². The van der Waals surface area contributed by atoms with Crippen LogP contribution in [0.1, 0.15) is 13.3 Å². The van der Waals surface area contributed by atoms with E-state index in [-0.39, 0.29) is 5.92 Å². The maximum absolute atomic E-state index is 5.42. The first kappa shape index (κ1) is 13.8. The number of hydrogen-bond acceptors (Lipinski definition) is 4. The van der Waals surface area contributed by atoms with Crippen molar-refractivity contribution in [3.63, 3.8) is 0 Å². The van der Waals surface area contributed by atoms with Gasteiger partial charge in [-0.1, -0.05) is 6.92 Å². The second kappa shape index (κ2) is 7.17. The molecule has 0 saturated carbocycles. The summed E-state index contributed by atoms with van der Waals surface area (Å²) in [5.74, 6) is -0.524. The highest BCUT2D eigenvalue weighted by Gasteiger charge is 2.37. The smallest absolute Gasteiger partial charge is 0.174 e. The van der Waals surface area contributed by atoms with Gasteiger partial charge in [0.2, 0.25) is 0 Å². The van der Waals surface area contributed by atoms with Crippen molar-refractivity contribution in [2.24, 2.45) is 5.92 Å². The summed E-state index contributed by atoms with van der Waals surface area (Å²) in [5, 5.41) is 0. The van der Waals surface area contributed by atoms with Gasteiger partial charge in [-0.3, -0.25) is 0 Å². The standard InChI is InChI=1S/C10H22O4/c1-6-10(13-4,14-5)9(7-11-2)8-12-3/h9H,6-8H2,1-5H3. The summed E-state index contributed by atoms with van der Waals surface area (Å²) in [4.78, 5) is 0. The van der Waals surface area contributed by atoms with Crippen molar-refractivity contribution >= 4 is 0 Å². The molecule has 4 heteroatoms. The van der Waals surface area contributed by atoms with Crippen LogP contribution in [0.3, 0.4) is 0 Å². The molecule has 0 aromatic carbocycles. The zero-order chi connectivity index (χ0) is 11.0. The summed E-state index contributed by atoms with van der Waals surface area (Å²) in [5.41, 5.74) is 0. The molecule has 0 aliphatic heterocycles. The molecule has 0 spiro atoms. The Morgan fingerprint density at radius 1 is 0.929 bits per heavy atom. The molecule has 0 aliphatic rings. The molecule has 0 saturated heterocycles. The molecule has 0 aliphatic carbocycles. The molecule has 0 atom stereocenters. The van der Waals surface area contributed by atoms with E-state index in [0.29, 0.717) is 13.2 Å². The van der Waals surface area contributed by atoms with Gasteiger partial charge in [-0.2, -0.15) is 0 Å². The monoisotopic (exact) mass is 206 g/mol. The molecule has 0 aromatic rings. The summed E-state index contributed by atoms with van der Waals surface area (Å²) in [6.07, 6.45) is 0.761. The predicted molar refractivity (Wildman–Crippen MR) is 54.3 cm³/mol. The lowest BCUT2D eigenvalue weighted by Gasteiger charge is -2.36. The Kier molecular flexibility index (Phi) is 7.09. The lowest BCUT2D eigenvalue weighted by atomic mass is 9.97. The van der Waals surface area contributed by atoms with Crippen molar-refractivity contribution in [3.8, 4) is 0 Å². The van der Waals surface area contributed by atoms with Crippen molar-refractivity contribution in [2.45, 2.75) is 19.1 Å². The maximum atomic E-state index is 5.42. The minimum Gasteiger partial charge on any atom is -0.384 e. The van der Waals surface area contributed by atoms with Gasteiger partial charge in [0.25, 0.3) is 0 Å². The Labute approximate surface area is 86.5 Å². The van der Waals surface area contributed by atoms with Crippen LogP contribution in [0.2, 0.25) is 0 Å². The van der Waals surface area contributed by atoms with Crippen LogP contribution in [0.5, 0.6) is 0 Å². The first-order valence-corrected chi connectivity index (χ1v) is 4.78. The second-order valence-electron chi connectivity index (χ2n) is 3.18. The second-order valence-corrected chi connectivity index (χ2v) is 3.18. The Hall–Kier alpha value is -0.160. The molecule has 0 N–H and O–H groups in total. The highest BCUT2D eigenvalue weighted by atomic mass is 16.7. The van der Waals surface area contributed by atoms with Gasteiger partial charge in [0.05, 0.1) is 19.1 Å². The Balaban J connectivity index is 4.52. The number of hydrogen-bond donors (Lipinski definition) is 0. The van der Waals surface area contributed by atoms with Crippen LogP contribution < -0.4 is 0 Å². The highest BCUT2D eigenvalue weighted by molar-refractivity contribution is 4.77. The lowest BCUT2D eigenvalue weighted by molar-refractivity contribution is -0.255. The zero-order valence-electron chi connectivity index (χ0n) is 9.83. The molecule has 86 valence electrons. The van der Waals surface area contributed by atoms with Crippen LogP contribution >= 0.6 is 0 Å². The fourth-order valence-electron chi connectivity index (χ4n) is 1.70. The molecule has 0 aromatic heterocycles. The van der Waals surface area contributed by atoms with Crippen LogP contribution in [0.25, 0.3) is 0 Å². The van der Waals surface area contributed by atoms with Gasteiger partial charge in [0, 0.05) is 28.4 Å². The van der Waals surface area contributed by atoms with Gasteiger partial charge in [0.15, 0.2) is 5.79 Å². The topological polar surface area (TPSA) is 36.9 Å². The van der Waals surface area contributed by atoms with Crippen LogP contribution in [0.15, 0.2) is 0 Å². The summed E-state index contributed by atoms with van der Waals surface area (Å²) in [6, 6.07) is 0. The Bertz CT molecular complexity index is 120. The number of rotatable bonds is 8. The number of ether oxygens (including phenoxy) is 4. The summed E-state index contributed by atoms with van der Waals surface area (Å²) in [6.45, 7) is 3.14. The van der Waals surface area contributed by atoms with E-state index in [1.54, 1.807) is 28.4 Å². The van der Waals surface area contributed by atoms with Gasteiger partial charge in [-0.25, -0.2) is 0 Å². The van der Waals surface area contributed by atoms with Gasteiger partial charge in [-0.15, -0.1) is 0 Å². The third-order valence-electron chi connectivity index (χ3n) is 2.54. The third-order valence-corrected chi connectivity index (χ3v) is 2.54. The van der Waals surface area contributed by atoms with E-state index in [0.717, 1.165) is 6.42 Å². The summed E-state index contributed by atoms with van der Waals surface area (Å²) >= 11 is 0. The summed E-state index contributed by atoms with van der Waals surface area (Å²) in [7, 11) is 6.61. The highest BCUT2D eigenvalue weighted by Crippen LogP contribution is 2.27. The normalized spacial score (nSPS) is 12.4. The van der Waals surface area contributed by atoms with Gasteiger partial charge in [0.1, 0.15) is 0 Å². The minimum absolute atomic E-state index is 0.0810.